The van der Waals surface area contributed by atoms with Crippen molar-refractivity contribution < 1.29 is 9.53 Å². The van der Waals surface area contributed by atoms with Crippen LogP contribution in [0.1, 0.15) is 17.7 Å². The summed E-state index contributed by atoms with van der Waals surface area (Å²) in [5, 5.41) is 0.0823. The zero-order valence-corrected chi connectivity index (χ0v) is 16.6. The largest absolute Gasteiger partial charge is 0.497 e. The lowest BCUT2D eigenvalue weighted by molar-refractivity contribution is -0.121. The molecule has 0 fully saturated rings. The van der Waals surface area contributed by atoms with Gasteiger partial charge in [0.05, 0.1) is 18.7 Å². The van der Waals surface area contributed by atoms with Crippen molar-refractivity contribution in [3.8, 4) is 5.75 Å². The van der Waals surface area contributed by atoms with Crippen LogP contribution in [-0.2, 0) is 4.79 Å². The first-order valence-electron chi connectivity index (χ1n) is 8.87. The van der Waals surface area contributed by atoms with Gasteiger partial charge in [-0.3, -0.25) is 4.79 Å². The number of hydrogen-bond donors (Lipinski definition) is 0. The van der Waals surface area contributed by atoms with Crippen LogP contribution in [0.25, 0.3) is 0 Å². The van der Waals surface area contributed by atoms with Gasteiger partial charge in [0.2, 0.25) is 5.91 Å². The summed E-state index contributed by atoms with van der Waals surface area (Å²) >= 11 is 1.78. The Morgan fingerprint density at radius 1 is 1.12 bits per heavy atom. The average molecular weight is 371 g/mol. The van der Waals surface area contributed by atoms with Crippen molar-refractivity contribution in [2.45, 2.75) is 17.1 Å². The van der Waals surface area contributed by atoms with Crippen molar-refractivity contribution in [1.82, 2.24) is 4.90 Å². The fourth-order valence-electron chi connectivity index (χ4n) is 3.19. The second kappa shape index (κ2) is 8.14. The Hall–Kier alpha value is -1.98. The quantitative estimate of drug-likeness (QED) is 0.794. The summed E-state index contributed by atoms with van der Waals surface area (Å²) in [7, 11) is 5.74. The molecular weight excluding hydrogens is 344 g/mol. The van der Waals surface area contributed by atoms with Crippen LogP contribution in [0.4, 0.5) is 5.69 Å². The number of para-hydroxylation sites is 1. The van der Waals surface area contributed by atoms with E-state index in [-0.39, 0.29) is 17.1 Å². The van der Waals surface area contributed by atoms with Gasteiger partial charge in [0.1, 0.15) is 5.75 Å². The molecule has 2 aromatic rings. The van der Waals surface area contributed by atoms with Gasteiger partial charge in [0.15, 0.2) is 0 Å². The Bertz CT molecular complexity index is 761. The molecule has 2 aromatic carbocycles. The van der Waals surface area contributed by atoms with Gasteiger partial charge in [-0.25, -0.2) is 0 Å². The van der Waals surface area contributed by atoms with Gasteiger partial charge < -0.3 is 14.5 Å². The molecule has 2 atom stereocenters. The molecule has 0 spiro atoms. The summed E-state index contributed by atoms with van der Waals surface area (Å²) in [6.07, 6.45) is 0. The summed E-state index contributed by atoms with van der Waals surface area (Å²) in [5.41, 5.74) is 2.17. The molecule has 0 aromatic heterocycles. The maximum Gasteiger partial charge on any atom is 0.231 e. The van der Waals surface area contributed by atoms with E-state index < -0.39 is 0 Å². The molecule has 26 heavy (non-hydrogen) atoms. The van der Waals surface area contributed by atoms with Crippen LogP contribution in [0, 0.1) is 5.92 Å². The third kappa shape index (κ3) is 3.89. The third-order valence-electron chi connectivity index (χ3n) is 4.73. The number of amides is 1. The number of nitrogens with zero attached hydrogens (tertiary/aromatic N) is 2. The third-order valence-corrected chi connectivity index (χ3v) is 6.27. The highest BCUT2D eigenvalue weighted by atomic mass is 32.2. The zero-order valence-electron chi connectivity index (χ0n) is 15.8. The van der Waals surface area contributed by atoms with Gasteiger partial charge >= 0.3 is 0 Å². The number of carbonyl (C=O) groups excluding carboxylic acids is 1. The van der Waals surface area contributed by atoms with E-state index in [0.717, 1.165) is 28.4 Å². The molecule has 0 bridgehead atoms. The standard InChI is InChI=1S/C21H26N2O2S/c1-15-20(16-9-11-17(25-4)12-10-16)26-19-8-6-5-7-18(19)23(21(15)24)14-13-22(2)3/h5-12,15,20H,13-14H2,1-4H3/t15-,20-/m1/s1. The predicted octanol–water partition coefficient (Wildman–Crippen LogP) is 4.07. The number of rotatable bonds is 5. The lowest BCUT2D eigenvalue weighted by Gasteiger charge is -2.27. The van der Waals surface area contributed by atoms with E-state index in [1.807, 2.05) is 50.2 Å². The molecule has 1 amide bonds. The van der Waals surface area contributed by atoms with E-state index in [1.54, 1.807) is 18.9 Å². The second-order valence-electron chi connectivity index (χ2n) is 6.86. The van der Waals surface area contributed by atoms with Crippen LogP contribution < -0.4 is 9.64 Å². The topological polar surface area (TPSA) is 32.8 Å². The first kappa shape index (κ1) is 18.8. The number of methoxy groups -OCH3 is 1. The molecule has 0 unspecified atom stereocenters. The number of carbonyl (C=O) groups is 1. The number of benzene rings is 2. The van der Waals surface area contributed by atoms with Crippen molar-refractivity contribution in [2.24, 2.45) is 5.92 Å². The maximum atomic E-state index is 13.3. The summed E-state index contributed by atoms with van der Waals surface area (Å²) in [4.78, 5) is 18.5. The molecular formula is C21H26N2O2S. The number of anilines is 1. The van der Waals surface area contributed by atoms with Crippen molar-refractivity contribution in [1.29, 1.82) is 0 Å². The average Bonchev–Trinajstić information content (AvgIpc) is 2.76. The Balaban J connectivity index is 1.97. The highest BCUT2D eigenvalue weighted by Gasteiger charge is 2.35. The number of fused-ring (bicyclic) bond motifs is 1. The molecule has 3 rings (SSSR count). The molecule has 0 saturated heterocycles. The Morgan fingerprint density at radius 2 is 1.81 bits per heavy atom. The number of hydrogen-bond acceptors (Lipinski definition) is 4. The van der Waals surface area contributed by atoms with Gasteiger partial charge in [0, 0.05) is 23.2 Å². The normalized spacial score (nSPS) is 20.0. The van der Waals surface area contributed by atoms with Crippen LogP contribution >= 0.6 is 11.8 Å². The molecule has 0 aliphatic carbocycles. The number of thioether (sulfide) groups is 1. The van der Waals surface area contributed by atoms with Gasteiger partial charge in [-0.1, -0.05) is 31.2 Å². The minimum atomic E-state index is -0.108. The molecule has 0 saturated carbocycles. The zero-order chi connectivity index (χ0) is 18.7. The predicted molar refractivity (Wildman–Crippen MR) is 108 cm³/mol. The Labute approximate surface area is 160 Å². The fraction of sp³-hybridized carbons (Fsp3) is 0.381. The highest BCUT2D eigenvalue weighted by Crippen LogP contribution is 2.48. The fourth-order valence-corrected chi connectivity index (χ4v) is 4.54. The van der Waals surface area contributed by atoms with Crippen molar-refractivity contribution in [3.05, 3.63) is 54.1 Å². The van der Waals surface area contributed by atoms with Gasteiger partial charge in [0.25, 0.3) is 0 Å². The van der Waals surface area contributed by atoms with Gasteiger partial charge in [-0.2, -0.15) is 0 Å². The van der Waals surface area contributed by atoms with Gasteiger partial charge in [-0.15, -0.1) is 11.8 Å². The van der Waals surface area contributed by atoms with E-state index in [1.165, 1.54) is 0 Å². The molecule has 0 N–H and O–H groups in total. The molecule has 0 radical (unpaired) electrons. The Kier molecular flexibility index (Phi) is 5.89. The van der Waals surface area contributed by atoms with Crippen LogP contribution in [0.15, 0.2) is 53.4 Å². The maximum absolute atomic E-state index is 13.3. The molecule has 5 heteroatoms. The van der Waals surface area contributed by atoms with E-state index in [9.17, 15) is 4.79 Å². The van der Waals surface area contributed by atoms with E-state index in [2.05, 4.69) is 29.2 Å². The summed E-state index contributed by atoms with van der Waals surface area (Å²) in [5.74, 6) is 0.910. The first-order chi connectivity index (χ1) is 12.5. The SMILES string of the molecule is COc1ccc([C@@H]2Sc3ccccc3N(CCN(C)C)C(=O)[C@@H]2C)cc1. The highest BCUT2D eigenvalue weighted by molar-refractivity contribution is 7.99. The number of ether oxygens (including phenoxy) is 1. The summed E-state index contributed by atoms with van der Waals surface area (Å²) in [6.45, 7) is 3.58. The molecule has 1 aliphatic rings. The molecule has 4 nitrogen and oxygen atoms in total. The first-order valence-corrected chi connectivity index (χ1v) is 9.75. The second-order valence-corrected chi connectivity index (χ2v) is 8.04. The minimum absolute atomic E-state index is 0.0823. The number of likely N-dealkylation sites (N-methyl/N-ethyl adjacent to an activating group) is 1. The van der Waals surface area contributed by atoms with Crippen LogP contribution in [0.5, 0.6) is 5.75 Å². The molecule has 1 aliphatic heterocycles. The minimum Gasteiger partial charge on any atom is -0.497 e. The van der Waals surface area contributed by atoms with E-state index >= 15 is 0 Å². The molecule has 1 heterocycles. The van der Waals surface area contributed by atoms with Crippen LogP contribution in [0.2, 0.25) is 0 Å². The smallest absolute Gasteiger partial charge is 0.231 e. The van der Waals surface area contributed by atoms with Crippen LogP contribution in [0.3, 0.4) is 0 Å². The lowest BCUT2D eigenvalue weighted by atomic mass is 9.98. The summed E-state index contributed by atoms with van der Waals surface area (Å²) in [6, 6.07) is 16.3. The molecule has 138 valence electrons. The van der Waals surface area contributed by atoms with Crippen molar-refractivity contribution >= 4 is 23.4 Å². The van der Waals surface area contributed by atoms with E-state index in [0.29, 0.717) is 6.54 Å². The van der Waals surface area contributed by atoms with E-state index in [4.69, 9.17) is 4.74 Å². The summed E-state index contributed by atoms with van der Waals surface area (Å²) < 4.78 is 5.27. The van der Waals surface area contributed by atoms with Crippen molar-refractivity contribution in [2.75, 3.05) is 39.2 Å². The van der Waals surface area contributed by atoms with Crippen molar-refractivity contribution in [3.63, 3.8) is 0 Å². The lowest BCUT2D eigenvalue weighted by Crippen LogP contribution is -2.40. The van der Waals surface area contributed by atoms with Gasteiger partial charge in [-0.05, 0) is 43.9 Å². The monoisotopic (exact) mass is 370 g/mol. The Morgan fingerprint density at radius 3 is 2.46 bits per heavy atom. The van der Waals surface area contributed by atoms with Crippen LogP contribution in [-0.4, -0.2) is 45.1 Å².